The summed E-state index contributed by atoms with van der Waals surface area (Å²) in [6.07, 6.45) is 0. The number of rotatable bonds is 5. The molecule has 0 bridgehead atoms. The molecule has 0 aliphatic heterocycles. The van der Waals surface area contributed by atoms with Crippen molar-refractivity contribution in [2.45, 2.75) is 20.4 Å². The average molecular weight is 363 g/mol. The number of anilines is 1. The quantitative estimate of drug-likeness (QED) is 0.651. The number of amides is 2. The van der Waals surface area contributed by atoms with Crippen LogP contribution in [-0.2, 0) is 11.3 Å². The minimum atomic E-state index is -0.316. The van der Waals surface area contributed by atoms with E-state index in [1.54, 1.807) is 30.3 Å². The van der Waals surface area contributed by atoms with Crippen LogP contribution < -0.4 is 16.2 Å². The minimum absolute atomic E-state index is 0.0442. The molecule has 0 saturated carbocycles. The van der Waals surface area contributed by atoms with Gasteiger partial charge in [-0.2, -0.15) is 0 Å². The third kappa shape index (κ3) is 4.41. The van der Waals surface area contributed by atoms with Crippen LogP contribution >= 0.6 is 0 Å². The van der Waals surface area contributed by atoms with Gasteiger partial charge in [0, 0.05) is 35.1 Å². The molecule has 0 spiro atoms. The summed E-state index contributed by atoms with van der Waals surface area (Å²) in [7, 11) is 0. The summed E-state index contributed by atoms with van der Waals surface area (Å²) in [4.78, 5) is 38.8. The lowest BCUT2D eigenvalue weighted by atomic mass is 10.1. The number of aromatic nitrogens is 1. The van der Waals surface area contributed by atoms with E-state index in [0.717, 1.165) is 5.56 Å². The van der Waals surface area contributed by atoms with Crippen LogP contribution in [0.25, 0.3) is 10.9 Å². The number of pyridine rings is 1. The van der Waals surface area contributed by atoms with Crippen LogP contribution in [0, 0.1) is 5.92 Å². The molecule has 2 aromatic carbocycles. The lowest BCUT2D eigenvalue weighted by Gasteiger charge is -2.10. The maximum absolute atomic E-state index is 12.6. The van der Waals surface area contributed by atoms with Crippen molar-refractivity contribution in [2.75, 3.05) is 5.32 Å². The first kappa shape index (κ1) is 18.4. The highest BCUT2D eigenvalue weighted by Gasteiger charge is 2.11. The highest BCUT2D eigenvalue weighted by Crippen LogP contribution is 2.15. The topological polar surface area (TPSA) is 91.1 Å². The largest absolute Gasteiger partial charge is 0.348 e. The van der Waals surface area contributed by atoms with E-state index in [2.05, 4.69) is 15.6 Å². The summed E-state index contributed by atoms with van der Waals surface area (Å²) in [5, 5.41) is 6.35. The Morgan fingerprint density at radius 3 is 2.44 bits per heavy atom. The van der Waals surface area contributed by atoms with E-state index in [1.165, 1.54) is 6.07 Å². The van der Waals surface area contributed by atoms with Gasteiger partial charge in [-0.1, -0.05) is 44.2 Å². The van der Waals surface area contributed by atoms with E-state index in [1.807, 2.05) is 32.0 Å². The van der Waals surface area contributed by atoms with Crippen molar-refractivity contribution in [3.8, 4) is 0 Å². The Morgan fingerprint density at radius 2 is 1.74 bits per heavy atom. The van der Waals surface area contributed by atoms with Gasteiger partial charge in [0.15, 0.2) is 0 Å². The van der Waals surface area contributed by atoms with Gasteiger partial charge in [-0.05, 0) is 23.8 Å². The van der Waals surface area contributed by atoms with E-state index in [-0.39, 0.29) is 23.3 Å². The summed E-state index contributed by atoms with van der Waals surface area (Å²) in [6, 6.07) is 15.8. The molecule has 3 aromatic rings. The Morgan fingerprint density at radius 1 is 1.04 bits per heavy atom. The first-order valence-corrected chi connectivity index (χ1v) is 8.74. The van der Waals surface area contributed by atoms with E-state index < -0.39 is 0 Å². The van der Waals surface area contributed by atoms with E-state index in [0.29, 0.717) is 28.7 Å². The monoisotopic (exact) mass is 363 g/mol. The van der Waals surface area contributed by atoms with Crippen molar-refractivity contribution < 1.29 is 9.59 Å². The van der Waals surface area contributed by atoms with E-state index in [9.17, 15) is 14.4 Å². The van der Waals surface area contributed by atoms with Gasteiger partial charge in [0.25, 0.3) is 5.91 Å². The number of H-pyrrole nitrogens is 1. The number of para-hydroxylation sites is 1. The number of fused-ring (bicyclic) bond motifs is 1. The van der Waals surface area contributed by atoms with Gasteiger partial charge in [0.05, 0.1) is 5.56 Å². The van der Waals surface area contributed by atoms with Crippen molar-refractivity contribution >= 4 is 28.4 Å². The summed E-state index contributed by atoms with van der Waals surface area (Å²) in [6.45, 7) is 3.98. The zero-order valence-corrected chi connectivity index (χ0v) is 15.2. The molecule has 3 rings (SSSR count). The molecule has 0 unspecified atom stereocenters. The third-order valence-corrected chi connectivity index (χ3v) is 4.19. The van der Waals surface area contributed by atoms with Gasteiger partial charge >= 0.3 is 0 Å². The van der Waals surface area contributed by atoms with Crippen LogP contribution in [-0.4, -0.2) is 16.8 Å². The van der Waals surface area contributed by atoms with Crippen LogP contribution in [0.3, 0.4) is 0 Å². The Kier molecular flexibility index (Phi) is 5.35. The molecule has 6 heteroatoms. The SMILES string of the molecule is CC(C)C(=O)Nc1ccc(CNC(=O)c2cc(=O)[nH]c3ccccc23)cc1. The Labute approximate surface area is 156 Å². The predicted molar refractivity (Wildman–Crippen MR) is 106 cm³/mol. The number of carbonyl (C=O) groups excluding carboxylic acids is 2. The molecule has 0 fully saturated rings. The van der Waals surface area contributed by atoms with Crippen LogP contribution in [0.5, 0.6) is 0 Å². The molecule has 2 amide bonds. The molecular weight excluding hydrogens is 342 g/mol. The normalized spacial score (nSPS) is 10.8. The fraction of sp³-hybridized carbons (Fsp3) is 0.190. The predicted octanol–water partition coefficient (Wildman–Crippen LogP) is 3.05. The Hall–Kier alpha value is -3.41. The van der Waals surface area contributed by atoms with Gasteiger partial charge in [-0.15, -0.1) is 0 Å². The van der Waals surface area contributed by atoms with Gasteiger partial charge in [0.2, 0.25) is 11.5 Å². The molecule has 6 nitrogen and oxygen atoms in total. The number of carbonyl (C=O) groups is 2. The van der Waals surface area contributed by atoms with Crippen molar-refractivity contribution in [3.63, 3.8) is 0 Å². The molecule has 0 aliphatic rings. The smallest absolute Gasteiger partial charge is 0.252 e. The van der Waals surface area contributed by atoms with Crippen LogP contribution in [0.15, 0.2) is 59.4 Å². The van der Waals surface area contributed by atoms with E-state index >= 15 is 0 Å². The molecule has 0 saturated heterocycles. The second-order valence-corrected chi connectivity index (χ2v) is 6.62. The molecule has 0 radical (unpaired) electrons. The molecule has 1 aromatic heterocycles. The fourth-order valence-electron chi connectivity index (χ4n) is 2.66. The number of hydrogen-bond acceptors (Lipinski definition) is 3. The van der Waals surface area contributed by atoms with Crippen LogP contribution in [0.4, 0.5) is 5.69 Å². The van der Waals surface area contributed by atoms with Crippen LogP contribution in [0.1, 0.15) is 29.8 Å². The summed E-state index contributed by atoms with van der Waals surface area (Å²) < 4.78 is 0. The minimum Gasteiger partial charge on any atom is -0.348 e. The van der Waals surface area contributed by atoms with Gasteiger partial charge in [-0.3, -0.25) is 14.4 Å². The van der Waals surface area contributed by atoms with Gasteiger partial charge < -0.3 is 15.6 Å². The zero-order chi connectivity index (χ0) is 19.4. The number of aromatic amines is 1. The molecule has 3 N–H and O–H groups in total. The highest BCUT2D eigenvalue weighted by molar-refractivity contribution is 6.05. The second-order valence-electron chi connectivity index (χ2n) is 6.62. The lowest BCUT2D eigenvalue weighted by Crippen LogP contribution is -2.24. The molecular formula is C21H21N3O3. The maximum Gasteiger partial charge on any atom is 0.252 e. The first-order chi connectivity index (χ1) is 12.9. The van der Waals surface area contributed by atoms with Gasteiger partial charge in [0.1, 0.15) is 0 Å². The maximum atomic E-state index is 12.6. The summed E-state index contributed by atoms with van der Waals surface area (Å²) in [5.41, 5.74) is 2.25. The first-order valence-electron chi connectivity index (χ1n) is 8.74. The van der Waals surface area contributed by atoms with E-state index in [4.69, 9.17) is 0 Å². The second kappa shape index (κ2) is 7.86. The zero-order valence-electron chi connectivity index (χ0n) is 15.2. The highest BCUT2D eigenvalue weighted by atomic mass is 16.2. The van der Waals surface area contributed by atoms with Crippen molar-refractivity contribution in [2.24, 2.45) is 5.92 Å². The van der Waals surface area contributed by atoms with Crippen molar-refractivity contribution in [3.05, 3.63) is 76.1 Å². The summed E-state index contributed by atoms with van der Waals surface area (Å²) >= 11 is 0. The number of nitrogens with one attached hydrogen (secondary N) is 3. The third-order valence-electron chi connectivity index (χ3n) is 4.19. The molecule has 1 heterocycles. The molecule has 27 heavy (non-hydrogen) atoms. The molecule has 0 atom stereocenters. The number of hydrogen-bond donors (Lipinski definition) is 3. The Bertz CT molecular complexity index is 1040. The lowest BCUT2D eigenvalue weighted by molar-refractivity contribution is -0.118. The average Bonchev–Trinajstić information content (AvgIpc) is 2.66. The molecule has 0 aliphatic carbocycles. The standard InChI is InChI=1S/C21H21N3O3/c1-13(2)20(26)23-15-9-7-14(8-10-15)12-22-21(27)17-11-19(25)24-18-6-4-3-5-16(17)18/h3-11,13H,12H2,1-2H3,(H,22,27)(H,23,26)(H,24,25). The van der Waals surface area contributed by atoms with Crippen LogP contribution in [0.2, 0.25) is 0 Å². The van der Waals surface area contributed by atoms with Crippen molar-refractivity contribution in [1.82, 2.24) is 10.3 Å². The molecule has 138 valence electrons. The van der Waals surface area contributed by atoms with Crippen molar-refractivity contribution in [1.29, 1.82) is 0 Å². The fourth-order valence-corrected chi connectivity index (χ4v) is 2.66. The Balaban J connectivity index is 1.69. The summed E-state index contributed by atoms with van der Waals surface area (Å²) in [5.74, 6) is -0.445. The van der Waals surface area contributed by atoms with Gasteiger partial charge in [-0.25, -0.2) is 0 Å². The number of benzene rings is 2.